The first-order valence-corrected chi connectivity index (χ1v) is 12.7. The molecule has 1 heterocycles. The lowest BCUT2D eigenvalue weighted by atomic mass is 10.0. The largest absolute Gasteiger partial charge is 0.490 e. The van der Waals surface area contributed by atoms with Gasteiger partial charge in [-0.2, -0.15) is 13.2 Å². The highest BCUT2D eigenvalue weighted by molar-refractivity contribution is 7.89. The third-order valence-electron chi connectivity index (χ3n) is 5.05. The van der Waals surface area contributed by atoms with Crippen molar-refractivity contribution in [3.8, 4) is 11.1 Å². The maximum atomic E-state index is 12.0. The van der Waals surface area contributed by atoms with Crippen LogP contribution in [-0.4, -0.2) is 42.7 Å². The second-order valence-electron chi connectivity index (χ2n) is 8.03. The maximum Gasteiger partial charge on any atom is 0.490 e. The predicted octanol–water partition coefficient (Wildman–Crippen LogP) is 5.48. The van der Waals surface area contributed by atoms with Crippen molar-refractivity contribution >= 4 is 39.0 Å². The van der Waals surface area contributed by atoms with Gasteiger partial charge in [-0.25, -0.2) is 27.9 Å². The zero-order chi connectivity index (χ0) is 28.6. The number of sulfonamides is 1. The van der Waals surface area contributed by atoms with Crippen LogP contribution < -0.4 is 15.4 Å². The number of alkyl halides is 3. The third-order valence-corrected chi connectivity index (χ3v) is 6.46. The first-order valence-electron chi connectivity index (χ1n) is 11.2. The van der Waals surface area contributed by atoms with Gasteiger partial charge in [0.2, 0.25) is 10.0 Å². The van der Waals surface area contributed by atoms with E-state index < -0.39 is 22.2 Å². The smallest absolute Gasteiger partial charge is 0.475 e. The summed E-state index contributed by atoms with van der Waals surface area (Å²) in [6.07, 6.45) is -3.63. The van der Waals surface area contributed by atoms with E-state index in [1.165, 1.54) is 19.4 Å². The molecule has 0 aliphatic rings. The van der Waals surface area contributed by atoms with Crippen molar-refractivity contribution in [3.05, 3.63) is 90.8 Å². The van der Waals surface area contributed by atoms with Gasteiger partial charge in [-0.05, 0) is 61.0 Å². The highest BCUT2D eigenvalue weighted by Crippen LogP contribution is 2.27. The molecule has 4 rings (SSSR count). The molecule has 3 aromatic carbocycles. The SMILES string of the molecule is CNS(=O)(=O)c1cccc(Nc2cc(Nc3cc(C)cc(-c4ccccc4)c3)ncn2)c1.O=C(O)C(F)(F)F. The van der Waals surface area contributed by atoms with Crippen molar-refractivity contribution in [1.82, 2.24) is 14.7 Å². The number of anilines is 4. The second-order valence-corrected chi connectivity index (χ2v) is 9.92. The number of aromatic nitrogens is 2. The molecule has 4 N–H and O–H groups in total. The van der Waals surface area contributed by atoms with E-state index in [1.807, 2.05) is 24.3 Å². The topological polar surface area (TPSA) is 133 Å². The zero-order valence-electron chi connectivity index (χ0n) is 20.7. The van der Waals surface area contributed by atoms with Crippen LogP contribution in [0.25, 0.3) is 11.1 Å². The summed E-state index contributed by atoms with van der Waals surface area (Å²) >= 11 is 0. The molecule has 0 aliphatic carbocycles. The highest BCUT2D eigenvalue weighted by Gasteiger charge is 2.38. The monoisotopic (exact) mass is 559 g/mol. The van der Waals surface area contributed by atoms with Crippen LogP contribution in [0.5, 0.6) is 0 Å². The fourth-order valence-electron chi connectivity index (χ4n) is 3.30. The molecule has 0 spiro atoms. The van der Waals surface area contributed by atoms with Crippen LogP contribution in [0.4, 0.5) is 36.2 Å². The number of aryl methyl sites for hydroxylation is 1. The van der Waals surface area contributed by atoms with Gasteiger partial charge in [-0.1, -0.05) is 42.5 Å². The Morgan fingerprint density at radius 1 is 0.821 bits per heavy atom. The molecular formula is C26H24F3N5O4S. The maximum absolute atomic E-state index is 12.0. The molecule has 0 fully saturated rings. The molecular weight excluding hydrogens is 535 g/mol. The highest BCUT2D eigenvalue weighted by atomic mass is 32.2. The van der Waals surface area contributed by atoms with Gasteiger partial charge in [0, 0.05) is 17.4 Å². The number of aliphatic carboxylic acids is 1. The van der Waals surface area contributed by atoms with Gasteiger partial charge in [-0.15, -0.1) is 0 Å². The minimum Gasteiger partial charge on any atom is -0.475 e. The molecule has 39 heavy (non-hydrogen) atoms. The average molecular weight is 560 g/mol. The Morgan fingerprint density at radius 2 is 1.44 bits per heavy atom. The summed E-state index contributed by atoms with van der Waals surface area (Å²) in [5.41, 5.74) is 4.90. The van der Waals surface area contributed by atoms with E-state index in [9.17, 15) is 21.6 Å². The van der Waals surface area contributed by atoms with Crippen molar-refractivity contribution in [2.45, 2.75) is 18.0 Å². The van der Waals surface area contributed by atoms with E-state index in [2.05, 4.69) is 56.5 Å². The molecule has 1 aromatic heterocycles. The lowest BCUT2D eigenvalue weighted by molar-refractivity contribution is -0.192. The first-order chi connectivity index (χ1) is 18.4. The Labute approximate surface area is 222 Å². The van der Waals surface area contributed by atoms with Gasteiger partial charge in [0.15, 0.2) is 0 Å². The van der Waals surface area contributed by atoms with Crippen LogP contribution in [0.1, 0.15) is 5.56 Å². The van der Waals surface area contributed by atoms with Crippen LogP contribution >= 0.6 is 0 Å². The fraction of sp³-hybridized carbons (Fsp3) is 0.115. The second kappa shape index (κ2) is 12.4. The molecule has 0 bridgehead atoms. The van der Waals surface area contributed by atoms with Crippen LogP contribution in [0, 0.1) is 6.92 Å². The van der Waals surface area contributed by atoms with Crippen molar-refractivity contribution < 1.29 is 31.5 Å². The van der Waals surface area contributed by atoms with Crippen molar-refractivity contribution in [3.63, 3.8) is 0 Å². The van der Waals surface area contributed by atoms with Crippen LogP contribution in [0.15, 0.2) is 90.1 Å². The number of nitrogens with one attached hydrogen (secondary N) is 3. The molecule has 13 heteroatoms. The Kier molecular flexibility index (Phi) is 9.22. The third kappa shape index (κ3) is 8.51. The van der Waals surface area contributed by atoms with E-state index in [0.29, 0.717) is 17.3 Å². The Hall–Kier alpha value is -4.49. The number of carboxylic acid groups (broad SMARTS) is 1. The number of hydrogen-bond donors (Lipinski definition) is 4. The normalized spacial score (nSPS) is 11.2. The molecule has 0 atom stereocenters. The number of benzene rings is 3. The quantitative estimate of drug-likeness (QED) is 0.234. The van der Waals surface area contributed by atoms with Crippen LogP contribution in [0.3, 0.4) is 0 Å². The average Bonchev–Trinajstić information content (AvgIpc) is 2.89. The van der Waals surface area contributed by atoms with E-state index in [-0.39, 0.29) is 4.90 Å². The Bertz CT molecular complexity index is 1550. The minimum atomic E-state index is -5.08. The van der Waals surface area contributed by atoms with E-state index in [1.54, 1.807) is 24.3 Å². The Morgan fingerprint density at radius 3 is 2.03 bits per heavy atom. The number of rotatable bonds is 7. The summed E-state index contributed by atoms with van der Waals surface area (Å²) in [4.78, 5) is 17.6. The van der Waals surface area contributed by atoms with Crippen molar-refractivity contribution in [1.29, 1.82) is 0 Å². The van der Waals surface area contributed by atoms with Gasteiger partial charge in [0.1, 0.15) is 18.0 Å². The van der Waals surface area contributed by atoms with Gasteiger partial charge in [0.25, 0.3) is 0 Å². The molecule has 0 saturated heterocycles. The number of halogens is 3. The minimum absolute atomic E-state index is 0.172. The molecule has 4 aromatic rings. The molecule has 0 amide bonds. The predicted molar refractivity (Wildman–Crippen MR) is 142 cm³/mol. The van der Waals surface area contributed by atoms with Gasteiger partial charge >= 0.3 is 12.1 Å². The van der Waals surface area contributed by atoms with Crippen LogP contribution in [0.2, 0.25) is 0 Å². The summed E-state index contributed by atoms with van der Waals surface area (Å²) in [7, 11) is -2.15. The number of carboxylic acids is 1. The summed E-state index contributed by atoms with van der Waals surface area (Å²) in [6, 6.07) is 24.7. The molecule has 0 saturated carbocycles. The van der Waals surface area contributed by atoms with Crippen molar-refractivity contribution in [2.24, 2.45) is 0 Å². The molecule has 204 valence electrons. The first kappa shape index (κ1) is 29.1. The molecule has 0 aliphatic heterocycles. The lowest BCUT2D eigenvalue weighted by Crippen LogP contribution is -2.21. The Balaban J connectivity index is 0.000000532. The molecule has 0 unspecified atom stereocenters. The summed E-state index contributed by atoms with van der Waals surface area (Å²) < 4.78 is 58.1. The fourth-order valence-corrected chi connectivity index (χ4v) is 4.08. The van der Waals surface area contributed by atoms with Gasteiger partial charge in [-0.3, -0.25) is 0 Å². The lowest BCUT2D eigenvalue weighted by Gasteiger charge is -2.12. The summed E-state index contributed by atoms with van der Waals surface area (Å²) in [5, 5.41) is 13.6. The van der Waals surface area contributed by atoms with E-state index in [4.69, 9.17) is 9.90 Å². The number of carbonyl (C=O) groups is 1. The zero-order valence-corrected chi connectivity index (χ0v) is 21.5. The van der Waals surface area contributed by atoms with Crippen LogP contribution in [-0.2, 0) is 14.8 Å². The van der Waals surface area contributed by atoms with Gasteiger partial charge < -0.3 is 15.7 Å². The van der Waals surface area contributed by atoms with E-state index >= 15 is 0 Å². The van der Waals surface area contributed by atoms with Crippen molar-refractivity contribution in [2.75, 3.05) is 17.7 Å². The van der Waals surface area contributed by atoms with E-state index in [0.717, 1.165) is 22.4 Å². The van der Waals surface area contributed by atoms with Gasteiger partial charge in [0.05, 0.1) is 4.90 Å². The number of nitrogens with zero attached hydrogens (tertiary/aromatic N) is 2. The standard InChI is InChI=1S/C24H23N5O2S.C2HF3O2/c1-17-11-19(18-7-4-3-5-8-18)13-21(12-17)29-24-15-23(26-16-27-24)28-20-9-6-10-22(14-20)32(30,31)25-2;3-2(4,5)1(6)7/h3-16,25H,1-2H3,(H2,26,27,28,29);(H,6,7). The molecule has 9 nitrogen and oxygen atoms in total. The number of hydrogen-bond acceptors (Lipinski definition) is 7. The summed E-state index contributed by atoms with van der Waals surface area (Å²) in [6.45, 7) is 2.05. The molecule has 0 radical (unpaired) electrons. The summed E-state index contributed by atoms with van der Waals surface area (Å²) in [5.74, 6) is -1.60.